The first-order valence-corrected chi connectivity index (χ1v) is 7.82. The lowest BCUT2D eigenvalue weighted by Gasteiger charge is -2.08. The Morgan fingerprint density at radius 3 is 1.35 bits per heavy atom. The van der Waals surface area contributed by atoms with Crippen molar-refractivity contribution < 1.29 is 0 Å². The van der Waals surface area contributed by atoms with E-state index in [9.17, 15) is 0 Å². The molecule has 3 aromatic rings. The van der Waals surface area contributed by atoms with Crippen LogP contribution < -0.4 is 0 Å². The third-order valence-electron chi connectivity index (χ3n) is 4.28. The van der Waals surface area contributed by atoms with E-state index in [-0.39, 0.29) is 0 Å². The second kappa shape index (κ2) is 5.92. The fourth-order valence-corrected chi connectivity index (χ4v) is 2.50. The number of aromatic nitrogens is 3. The van der Waals surface area contributed by atoms with Gasteiger partial charge < -0.3 is 0 Å². The van der Waals surface area contributed by atoms with Crippen LogP contribution in [-0.4, -0.2) is 15.0 Å². The van der Waals surface area contributed by atoms with Crippen LogP contribution in [0, 0.1) is 34.6 Å². The van der Waals surface area contributed by atoms with Crippen LogP contribution >= 0.6 is 0 Å². The van der Waals surface area contributed by atoms with Crippen molar-refractivity contribution in [1.82, 2.24) is 15.0 Å². The first kappa shape index (κ1) is 15.3. The fraction of sp³-hybridized carbons (Fsp3) is 0.250. The summed E-state index contributed by atoms with van der Waals surface area (Å²) in [6.07, 6.45) is 0. The molecule has 23 heavy (non-hydrogen) atoms. The standard InChI is InChI=1S/C20H21N3/c1-12-6-8-17(10-14(12)3)19-21-16(5)22-20(23-19)18-9-7-13(2)15(4)11-18/h6-11H,1-5H3. The smallest absolute Gasteiger partial charge is 0.163 e. The third-order valence-corrected chi connectivity index (χ3v) is 4.28. The van der Waals surface area contributed by atoms with Gasteiger partial charge in [-0.2, -0.15) is 0 Å². The highest BCUT2D eigenvalue weighted by Crippen LogP contribution is 2.23. The van der Waals surface area contributed by atoms with Crippen LogP contribution in [0.5, 0.6) is 0 Å². The van der Waals surface area contributed by atoms with Gasteiger partial charge in [-0.05, 0) is 69.0 Å². The molecule has 3 rings (SSSR count). The summed E-state index contributed by atoms with van der Waals surface area (Å²) < 4.78 is 0. The molecule has 0 aliphatic heterocycles. The van der Waals surface area contributed by atoms with E-state index in [0.29, 0.717) is 0 Å². The number of rotatable bonds is 2. The zero-order valence-corrected chi connectivity index (χ0v) is 14.3. The molecular weight excluding hydrogens is 282 g/mol. The number of aryl methyl sites for hydroxylation is 5. The minimum atomic E-state index is 0.730. The van der Waals surface area contributed by atoms with Gasteiger partial charge in [0.25, 0.3) is 0 Å². The maximum atomic E-state index is 4.69. The molecule has 0 saturated heterocycles. The van der Waals surface area contributed by atoms with Gasteiger partial charge in [-0.25, -0.2) is 15.0 Å². The van der Waals surface area contributed by atoms with Gasteiger partial charge >= 0.3 is 0 Å². The quantitative estimate of drug-likeness (QED) is 0.686. The first-order valence-electron chi connectivity index (χ1n) is 7.82. The molecule has 1 aromatic heterocycles. The molecule has 0 bridgehead atoms. The van der Waals surface area contributed by atoms with E-state index >= 15 is 0 Å². The monoisotopic (exact) mass is 303 g/mol. The predicted molar refractivity (Wildman–Crippen MR) is 94.4 cm³/mol. The molecule has 3 heteroatoms. The summed E-state index contributed by atoms with van der Waals surface area (Å²) >= 11 is 0. The van der Waals surface area contributed by atoms with Crippen LogP contribution in [0.25, 0.3) is 22.8 Å². The van der Waals surface area contributed by atoms with Gasteiger partial charge in [0, 0.05) is 11.1 Å². The van der Waals surface area contributed by atoms with Crippen molar-refractivity contribution in [2.24, 2.45) is 0 Å². The van der Waals surface area contributed by atoms with Gasteiger partial charge in [-0.1, -0.05) is 24.3 Å². The second-order valence-corrected chi connectivity index (χ2v) is 6.13. The fourth-order valence-electron chi connectivity index (χ4n) is 2.50. The molecule has 0 fully saturated rings. The maximum Gasteiger partial charge on any atom is 0.163 e. The lowest BCUT2D eigenvalue weighted by Crippen LogP contribution is -2.00. The normalized spacial score (nSPS) is 10.8. The van der Waals surface area contributed by atoms with Gasteiger partial charge in [0.05, 0.1) is 0 Å². The molecule has 0 unspecified atom stereocenters. The van der Waals surface area contributed by atoms with Crippen molar-refractivity contribution in [3.8, 4) is 22.8 Å². The SMILES string of the molecule is Cc1nc(-c2ccc(C)c(C)c2)nc(-c2ccc(C)c(C)c2)n1. The maximum absolute atomic E-state index is 4.69. The summed E-state index contributed by atoms with van der Waals surface area (Å²) in [6.45, 7) is 10.3. The molecule has 0 saturated carbocycles. The highest BCUT2D eigenvalue weighted by molar-refractivity contribution is 5.62. The van der Waals surface area contributed by atoms with Crippen LogP contribution in [0.4, 0.5) is 0 Å². The lowest BCUT2D eigenvalue weighted by atomic mass is 10.0. The zero-order chi connectivity index (χ0) is 16.6. The van der Waals surface area contributed by atoms with E-state index in [2.05, 4.69) is 74.1 Å². The molecule has 0 atom stereocenters. The minimum absolute atomic E-state index is 0.730. The molecule has 0 spiro atoms. The Morgan fingerprint density at radius 1 is 0.522 bits per heavy atom. The summed E-state index contributed by atoms with van der Waals surface area (Å²) in [4.78, 5) is 13.7. The Morgan fingerprint density at radius 2 is 0.957 bits per heavy atom. The Kier molecular flexibility index (Phi) is 3.95. The molecule has 116 valence electrons. The lowest BCUT2D eigenvalue weighted by molar-refractivity contribution is 0.990. The topological polar surface area (TPSA) is 38.7 Å². The first-order chi connectivity index (χ1) is 10.9. The molecule has 3 nitrogen and oxygen atoms in total. The molecule has 0 radical (unpaired) electrons. The van der Waals surface area contributed by atoms with E-state index < -0.39 is 0 Å². The molecule has 0 aliphatic rings. The second-order valence-electron chi connectivity index (χ2n) is 6.13. The predicted octanol–water partition coefficient (Wildman–Crippen LogP) is 4.75. The molecule has 0 aliphatic carbocycles. The van der Waals surface area contributed by atoms with Crippen molar-refractivity contribution in [1.29, 1.82) is 0 Å². The number of hydrogen-bond acceptors (Lipinski definition) is 3. The Hall–Kier alpha value is -2.55. The molecule has 0 N–H and O–H groups in total. The van der Waals surface area contributed by atoms with Crippen LogP contribution in [0.15, 0.2) is 36.4 Å². The van der Waals surface area contributed by atoms with Crippen LogP contribution in [-0.2, 0) is 0 Å². The number of hydrogen-bond donors (Lipinski definition) is 0. The average Bonchev–Trinajstić information content (AvgIpc) is 2.52. The van der Waals surface area contributed by atoms with Crippen LogP contribution in [0.2, 0.25) is 0 Å². The third kappa shape index (κ3) is 3.14. The van der Waals surface area contributed by atoms with Gasteiger partial charge in [-0.3, -0.25) is 0 Å². The van der Waals surface area contributed by atoms with Gasteiger partial charge in [-0.15, -0.1) is 0 Å². The summed E-state index contributed by atoms with van der Waals surface area (Å²) in [7, 11) is 0. The summed E-state index contributed by atoms with van der Waals surface area (Å²) in [5, 5.41) is 0. The Bertz CT molecular complexity index is 812. The molecular formula is C20H21N3. The van der Waals surface area contributed by atoms with E-state index in [4.69, 9.17) is 4.98 Å². The summed E-state index contributed by atoms with van der Waals surface area (Å²) in [5.74, 6) is 2.20. The van der Waals surface area contributed by atoms with Crippen molar-refractivity contribution >= 4 is 0 Å². The van der Waals surface area contributed by atoms with Gasteiger partial charge in [0.2, 0.25) is 0 Å². The van der Waals surface area contributed by atoms with Gasteiger partial charge in [0.1, 0.15) is 5.82 Å². The average molecular weight is 303 g/mol. The highest BCUT2D eigenvalue weighted by Gasteiger charge is 2.10. The van der Waals surface area contributed by atoms with E-state index in [0.717, 1.165) is 28.6 Å². The van der Waals surface area contributed by atoms with Crippen LogP contribution in [0.1, 0.15) is 28.1 Å². The van der Waals surface area contributed by atoms with Crippen molar-refractivity contribution in [3.05, 3.63) is 64.5 Å². The summed E-state index contributed by atoms with van der Waals surface area (Å²) in [5.41, 5.74) is 7.09. The Labute approximate surface area is 137 Å². The number of nitrogens with zero attached hydrogens (tertiary/aromatic N) is 3. The van der Waals surface area contributed by atoms with Gasteiger partial charge in [0.15, 0.2) is 11.6 Å². The van der Waals surface area contributed by atoms with E-state index in [1.54, 1.807) is 0 Å². The van der Waals surface area contributed by atoms with Crippen molar-refractivity contribution in [2.45, 2.75) is 34.6 Å². The van der Waals surface area contributed by atoms with Crippen molar-refractivity contribution in [3.63, 3.8) is 0 Å². The molecule has 2 aromatic carbocycles. The Balaban J connectivity index is 2.11. The van der Waals surface area contributed by atoms with E-state index in [1.165, 1.54) is 22.3 Å². The largest absolute Gasteiger partial charge is 0.213 e. The van der Waals surface area contributed by atoms with E-state index in [1.807, 2.05) is 6.92 Å². The summed E-state index contributed by atoms with van der Waals surface area (Å²) in [6, 6.07) is 12.6. The molecule has 0 amide bonds. The van der Waals surface area contributed by atoms with Crippen molar-refractivity contribution in [2.75, 3.05) is 0 Å². The number of benzene rings is 2. The van der Waals surface area contributed by atoms with Crippen LogP contribution in [0.3, 0.4) is 0 Å². The minimum Gasteiger partial charge on any atom is -0.213 e. The zero-order valence-electron chi connectivity index (χ0n) is 14.3. The molecule has 1 heterocycles. The highest BCUT2D eigenvalue weighted by atomic mass is 15.0.